The minimum atomic E-state index is -0.586. The van der Waals surface area contributed by atoms with Gasteiger partial charge in [0.1, 0.15) is 0 Å². The van der Waals surface area contributed by atoms with Crippen LogP contribution in [0.2, 0.25) is 5.02 Å². The van der Waals surface area contributed by atoms with Gasteiger partial charge in [-0.05, 0) is 37.2 Å². The second-order valence-electron chi connectivity index (χ2n) is 4.76. The lowest BCUT2D eigenvalue weighted by atomic mass is 9.88. The largest absolute Gasteiger partial charge is 0.366 e. The first-order valence-corrected chi connectivity index (χ1v) is 6.47. The summed E-state index contributed by atoms with van der Waals surface area (Å²) in [6, 6.07) is 4.66. The molecule has 2 amide bonds. The molecule has 1 saturated heterocycles. The van der Waals surface area contributed by atoms with Crippen LogP contribution in [-0.4, -0.2) is 24.9 Å². The Kier molecular flexibility index (Phi) is 5.80. The lowest BCUT2D eigenvalue weighted by Crippen LogP contribution is -2.48. The Hall–Kier alpha value is -1.30. The van der Waals surface area contributed by atoms with Gasteiger partial charge in [-0.2, -0.15) is 0 Å². The summed E-state index contributed by atoms with van der Waals surface area (Å²) in [6.07, 6.45) is 0. The van der Waals surface area contributed by atoms with Crippen molar-refractivity contribution in [3.05, 3.63) is 28.8 Å². The minimum absolute atomic E-state index is 0. The number of benzene rings is 1. The summed E-state index contributed by atoms with van der Waals surface area (Å²) in [5, 5.41) is 6.17. The number of nitrogens with two attached hydrogens (primary N) is 1. The van der Waals surface area contributed by atoms with E-state index in [-0.39, 0.29) is 34.8 Å². The van der Waals surface area contributed by atoms with Gasteiger partial charge in [0.15, 0.2) is 0 Å². The van der Waals surface area contributed by atoms with E-state index in [2.05, 4.69) is 10.6 Å². The van der Waals surface area contributed by atoms with Crippen molar-refractivity contribution >= 4 is 41.5 Å². The summed E-state index contributed by atoms with van der Waals surface area (Å²) in [4.78, 5) is 23.0. The van der Waals surface area contributed by atoms with Crippen LogP contribution in [0.3, 0.4) is 0 Å². The van der Waals surface area contributed by atoms with Crippen LogP contribution in [-0.2, 0) is 4.79 Å². The molecule has 2 rings (SSSR count). The molecular formula is C13H17Cl2N3O2. The summed E-state index contributed by atoms with van der Waals surface area (Å²) in [6.45, 7) is 3.64. The zero-order valence-corrected chi connectivity index (χ0v) is 12.6. The average molecular weight is 318 g/mol. The summed E-state index contributed by atoms with van der Waals surface area (Å²) in [5.74, 6) is -0.317. The van der Waals surface area contributed by atoms with E-state index in [0.717, 1.165) is 13.1 Å². The van der Waals surface area contributed by atoms with Crippen molar-refractivity contribution in [3.8, 4) is 0 Å². The Labute approximate surface area is 128 Å². The molecule has 0 aliphatic carbocycles. The fraction of sp³-hybridized carbons (Fsp3) is 0.385. The molecule has 1 unspecified atom stereocenters. The van der Waals surface area contributed by atoms with E-state index in [9.17, 15) is 9.59 Å². The number of halogens is 2. The number of nitrogens with one attached hydrogen (secondary N) is 2. The standard InChI is InChI=1S/C13H16ClN3O2.ClH/c1-7(8-5-16-6-8)13(19)17-9-2-3-10(12(15)18)11(14)4-9;/h2-4,7-8,16H,5-6H2,1H3,(H2,15,18)(H,17,19);1H. The van der Waals surface area contributed by atoms with Crippen LogP contribution in [0.15, 0.2) is 18.2 Å². The van der Waals surface area contributed by atoms with E-state index < -0.39 is 5.91 Å². The number of amides is 2. The van der Waals surface area contributed by atoms with Gasteiger partial charge in [0, 0.05) is 11.6 Å². The normalized spacial score (nSPS) is 15.7. The second-order valence-corrected chi connectivity index (χ2v) is 5.16. The first-order valence-electron chi connectivity index (χ1n) is 6.10. The van der Waals surface area contributed by atoms with E-state index in [1.54, 1.807) is 6.07 Å². The maximum Gasteiger partial charge on any atom is 0.250 e. The number of carbonyl (C=O) groups is 2. The van der Waals surface area contributed by atoms with Crippen LogP contribution in [0.1, 0.15) is 17.3 Å². The zero-order valence-electron chi connectivity index (χ0n) is 11.0. The van der Waals surface area contributed by atoms with E-state index in [1.807, 2.05) is 6.92 Å². The van der Waals surface area contributed by atoms with Gasteiger partial charge in [-0.1, -0.05) is 18.5 Å². The molecule has 110 valence electrons. The van der Waals surface area contributed by atoms with Crippen LogP contribution in [0.25, 0.3) is 0 Å². The van der Waals surface area contributed by atoms with Crippen molar-refractivity contribution in [3.63, 3.8) is 0 Å². The molecule has 1 fully saturated rings. The molecule has 0 aromatic heterocycles. The number of hydrogen-bond acceptors (Lipinski definition) is 3. The monoisotopic (exact) mass is 317 g/mol. The summed E-state index contributed by atoms with van der Waals surface area (Å²) < 4.78 is 0. The van der Waals surface area contributed by atoms with Crippen molar-refractivity contribution in [1.82, 2.24) is 5.32 Å². The molecule has 1 aromatic carbocycles. The highest BCUT2D eigenvalue weighted by molar-refractivity contribution is 6.34. The van der Waals surface area contributed by atoms with Crippen molar-refractivity contribution < 1.29 is 9.59 Å². The smallest absolute Gasteiger partial charge is 0.250 e. The summed E-state index contributed by atoms with van der Waals surface area (Å²) >= 11 is 5.93. The Morgan fingerprint density at radius 3 is 2.55 bits per heavy atom. The van der Waals surface area contributed by atoms with Gasteiger partial charge in [-0.3, -0.25) is 9.59 Å². The van der Waals surface area contributed by atoms with Crippen molar-refractivity contribution in [1.29, 1.82) is 0 Å². The molecule has 0 bridgehead atoms. The highest BCUT2D eigenvalue weighted by atomic mass is 35.5. The molecule has 1 aliphatic heterocycles. The third kappa shape index (κ3) is 3.62. The van der Waals surface area contributed by atoms with Gasteiger partial charge >= 0.3 is 0 Å². The van der Waals surface area contributed by atoms with Crippen molar-refractivity contribution in [2.24, 2.45) is 17.6 Å². The maximum absolute atomic E-state index is 12.0. The van der Waals surface area contributed by atoms with Crippen LogP contribution >= 0.6 is 24.0 Å². The fourth-order valence-corrected chi connectivity index (χ4v) is 2.20. The van der Waals surface area contributed by atoms with Crippen LogP contribution in [0.5, 0.6) is 0 Å². The fourth-order valence-electron chi connectivity index (χ4n) is 1.93. The van der Waals surface area contributed by atoms with Crippen molar-refractivity contribution in [2.75, 3.05) is 18.4 Å². The molecule has 20 heavy (non-hydrogen) atoms. The molecule has 1 heterocycles. The molecular weight excluding hydrogens is 301 g/mol. The molecule has 0 radical (unpaired) electrons. The number of anilines is 1. The molecule has 1 aromatic rings. The number of rotatable bonds is 4. The Morgan fingerprint density at radius 1 is 1.45 bits per heavy atom. The van der Waals surface area contributed by atoms with E-state index in [0.29, 0.717) is 11.6 Å². The quantitative estimate of drug-likeness (QED) is 0.789. The Morgan fingerprint density at radius 2 is 2.10 bits per heavy atom. The van der Waals surface area contributed by atoms with Gasteiger partial charge in [-0.25, -0.2) is 0 Å². The predicted octanol–water partition coefficient (Wildman–Crippen LogP) is 1.65. The third-order valence-electron chi connectivity index (χ3n) is 3.44. The number of hydrogen-bond donors (Lipinski definition) is 3. The van der Waals surface area contributed by atoms with Crippen LogP contribution in [0.4, 0.5) is 5.69 Å². The Bertz CT molecular complexity index is 518. The molecule has 1 aliphatic rings. The highest BCUT2D eigenvalue weighted by Crippen LogP contribution is 2.22. The van der Waals surface area contributed by atoms with E-state index in [4.69, 9.17) is 17.3 Å². The molecule has 4 N–H and O–H groups in total. The SMILES string of the molecule is CC(C(=O)Nc1ccc(C(N)=O)c(Cl)c1)C1CNC1.Cl. The minimum Gasteiger partial charge on any atom is -0.366 e. The summed E-state index contributed by atoms with van der Waals surface area (Å²) in [5.41, 5.74) is 5.98. The second kappa shape index (κ2) is 6.92. The zero-order chi connectivity index (χ0) is 14.0. The van der Waals surface area contributed by atoms with Crippen LogP contribution in [0, 0.1) is 11.8 Å². The third-order valence-corrected chi connectivity index (χ3v) is 3.75. The van der Waals surface area contributed by atoms with Gasteiger partial charge < -0.3 is 16.4 Å². The maximum atomic E-state index is 12.0. The predicted molar refractivity (Wildman–Crippen MR) is 81.4 cm³/mol. The lowest BCUT2D eigenvalue weighted by Gasteiger charge is -2.31. The topological polar surface area (TPSA) is 84.2 Å². The summed E-state index contributed by atoms with van der Waals surface area (Å²) in [7, 11) is 0. The molecule has 0 saturated carbocycles. The molecule has 1 atom stereocenters. The van der Waals surface area contributed by atoms with Crippen molar-refractivity contribution in [2.45, 2.75) is 6.92 Å². The molecule has 0 spiro atoms. The first kappa shape index (κ1) is 16.8. The van der Waals surface area contributed by atoms with E-state index in [1.165, 1.54) is 12.1 Å². The van der Waals surface area contributed by atoms with E-state index >= 15 is 0 Å². The van der Waals surface area contributed by atoms with Gasteiger partial charge in [0.05, 0.1) is 10.6 Å². The van der Waals surface area contributed by atoms with Gasteiger partial charge in [0.2, 0.25) is 11.8 Å². The van der Waals surface area contributed by atoms with Crippen LogP contribution < -0.4 is 16.4 Å². The first-order chi connectivity index (χ1) is 8.99. The molecule has 5 nitrogen and oxygen atoms in total. The van der Waals surface area contributed by atoms with Gasteiger partial charge in [-0.15, -0.1) is 12.4 Å². The number of primary amides is 1. The Balaban J connectivity index is 0.00000200. The number of carbonyl (C=O) groups excluding carboxylic acids is 2. The highest BCUT2D eigenvalue weighted by Gasteiger charge is 2.28. The lowest BCUT2D eigenvalue weighted by molar-refractivity contribution is -0.121. The molecule has 7 heteroatoms. The average Bonchev–Trinajstić information content (AvgIpc) is 2.25. The van der Waals surface area contributed by atoms with Gasteiger partial charge in [0.25, 0.3) is 0 Å².